The Bertz CT molecular complexity index is 1580. The van der Waals surface area contributed by atoms with Crippen LogP contribution in [0.1, 0.15) is 46.5 Å². The molecule has 1 atom stereocenters. The van der Waals surface area contributed by atoms with Gasteiger partial charge in [-0.3, -0.25) is 4.79 Å². The van der Waals surface area contributed by atoms with Gasteiger partial charge in [0, 0.05) is 11.6 Å². The van der Waals surface area contributed by atoms with Crippen molar-refractivity contribution in [2.45, 2.75) is 38.3 Å². The Hall–Kier alpha value is -4.55. The Morgan fingerprint density at radius 1 is 0.850 bits per heavy atom. The van der Waals surface area contributed by atoms with Gasteiger partial charge in [0.05, 0.1) is 11.1 Å². The Labute approximate surface area is 233 Å². The lowest BCUT2D eigenvalue weighted by Crippen LogP contribution is -2.45. The summed E-state index contributed by atoms with van der Waals surface area (Å²) in [5.74, 6) is 1.49. The van der Waals surface area contributed by atoms with Crippen molar-refractivity contribution < 1.29 is 28.8 Å². The van der Waals surface area contributed by atoms with E-state index in [1.807, 2.05) is 86.7 Å². The van der Waals surface area contributed by atoms with Crippen molar-refractivity contribution in [2.24, 2.45) is 0 Å². The van der Waals surface area contributed by atoms with Crippen LogP contribution in [0.4, 0.5) is 0 Å². The van der Waals surface area contributed by atoms with Crippen LogP contribution in [0.25, 0.3) is 6.08 Å². The van der Waals surface area contributed by atoms with Crippen molar-refractivity contribution in [3.8, 4) is 23.0 Å². The molecule has 2 aliphatic rings. The molecule has 0 saturated heterocycles. The number of carbonyl (C=O) groups excluding carboxylic acids is 1. The molecule has 0 amide bonds. The standard InChI is InChI=1S/C34H30O6/c1-33(2)18-17-26-29(40-33)16-14-27-31(26)39-22-34(36,32(27)35)28-15-13-25(37-20-23-9-5-3-6-10-23)19-30(28)38-21-24-11-7-4-8-12-24/h3-19,36H,20-22H2,1-2H3. The maximum Gasteiger partial charge on any atom is 0.206 e. The number of ether oxygens (including phenoxy) is 4. The minimum absolute atomic E-state index is 0.253. The molecule has 2 aliphatic heterocycles. The molecule has 6 heteroatoms. The summed E-state index contributed by atoms with van der Waals surface area (Å²) in [4.78, 5) is 13.9. The fourth-order valence-corrected chi connectivity index (χ4v) is 4.96. The number of benzene rings is 4. The number of rotatable bonds is 7. The van der Waals surface area contributed by atoms with Crippen LogP contribution in [0.5, 0.6) is 23.0 Å². The minimum Gasteiger partial charge on any atom is -0.489 e. The highest BCUT2D eigenvalue weighted by Gasteiger charge is 2.47. The van der Waals surface area contributed by atoms with Crippen LogP contribution in [-0.4, -0.2) is 23.1 Å². The predicted octanol–water partition coefficient (Wildman–Crippen LogP) is 6.49. The normalized spacial score (nSPS) is 18.6. The predicted molar refractivity (Wildman–Crippen MR) is 152 cm³/mol. The van der Waals surface area contributed by atoms with E-state index >= 15 is 0 Å². The van der Waals surface area contributed by atoms with Gasteiger partial charge in [-0.1, -0.05) is 60.7 Å². The smallest absolute Gasteiger partial charge is 0.206 e. The highest BCUT2D eigenvalue weighted by molar-refractivity contribution is 6.07. The van der Waals surface area contributed by atoms with E-state index < -0.39 is 17.0 Å². The van der Waals surface area contributed by atoms with E-state index in [9.17, 15) is 9.90 Å². The van der Waals surface area contributed by atoms with Gasteiger partial charge in [-0.25, -0.2) is 0 Å². The molecule has 0 aliphatic carbocycles. The van der Waals surface area contributed by atoms with Gasteiger partial charge in [0.25, 0.3) is 0 Å². The highest BCUT2D eigenvalue weighted by atomic mass is 16.5. The number of carbonyl (C=O) groups is 1. The molecule has 6 nitrogen and oxygen atoms in total. The molecule has 4 aromatic rings. The van der Waals surface area contributed by atoms with Gasteiger partial charge in [0.1, 0.15) is 48.4 Å². The number of fused-ring (bicyclic) bond motifs is 3. The molecule has 0 saturated carbocycles. The van der Waals surface area contributed by atoms with E-state index in [0.29, 0.717) is 46.3 Å². The van der Waals surface area contributed by atoms with E-state index in [1.165, 1.54) is 0 Å². The van der Waals surface area contributed by atoms with Gasteiger partial charge in [0.15, 0.2) is 5.60 Å². The Kier molecular flexibility index (Phi) is 6.56. The van der Waals surface area contributed by atoms with Crippen molar-refractivity contribution in [3.63, 3.8) is 0 Å². The topological polar surface area (TPSA) is 74.2 Å². The van der Waals surface area contributed by atoms with Gasteiger partial charge in [-0.05, 0) is 61.4 Å². The van der Waals surface area contributed by atoms with Crippen molar-refractivity contribution >= 4 is 11.9 Å². The summed E-state index contributed by atoms with van der Waals surface area (Å²) < 4.78 is 24.4. The molecule has 4 aromatic carbocycles. The summed E-state index contributed by atoms with van der Waals surface area (Å²) in [7, 11) is 0. The fourth-order valence-electron chi connectivity index (χ4n) is 4.96. The molecule has 0 bridgehead atoms. The molecule has 6 rings (SSSR count). The van der Waals surface area contributed by atoms with Crippen LogP contribution < -0.4 is 18.9 Å². The van der Waals surface area contributed by atoms with Crippen molar-refractivity contribution in [2.75, 3.05) is 6.61 Å². The van der Waals surface area contributed by atoms with E-state index in [1.54, 1.807) is 30.3 Å². The van der Waals surface area contributed by atoms with E-state index in [4.69, 9.17) is 18.9 Å². The Morgan fingerprint density at radius 3 is 2.23 bits per heavy atom. The molecule has 0 aromatic heterocycles. The van der Waals surface area contributed by atoms with Crippen molar-refractivity contribution in [3.05, 3.63) is 125 Å². The van der Waals surface area contributed by atoms with Crippen molar-refractivity contribution in [1.82, 2.24) is 0 Å². The second-order valence-electron chi connectivity index (χ2n) is 10.6. The quantitative estimate of drug-likeness (QED) is 0.292. The third-order valence-corrected chi connectivity index (χ3v) is 7.11. The molecule has 0 fully saturated rings. The Morgan fingerprint density at radius 2 is 1.52 bits per heavy atom. The van der Waals surface area contributed by atoms with Crippen LogP contribution in [0, 0.1) is 0 Å². The molecule has 0 radical (unpaired) electrons. The average molecular weight is 535 g/mol. The number of ketones is 1. The zero-order valence-corrected chi connectivity index (χ0v) is 22.4. The third-order valence-electron chi connectivity index (χ3n) is 7.11. The molecule has 0 spiro atoms. The summed E-state index contributed by atoms with van der Waals surface area (Å²) in [5, 5.41) is 11.9. The highest BCUT2D eigenvalue weighted by Crippen LogP contribution is 2.46. The van der Waals surface area contributed by atoms with E-state index in [0.717, 1.165) is 11.1 Å². The molecular formula is C34H30O6. The van der Waals surface area contributed by atoms with E-state index in [2.05, 4.69) is 0 Å². The summed E-state index contributed by atoms with van der Waals surface area (Å²) >= 11 is 0. The molecular weight excluding hydrogens is 504 g/mol. The van der Waals surface area contributed by atoms with Crippen LogP contribution in [-0.2, 0) is 18.8 Å². The van der Waals surface area contributed by atoms with E-state index in [-0.39, 0.29) is 13.2 Å². The van der Waals surface area contributed by atoms with Crippen LogP contribution in [0.3, 0.4) is 0 Å². The second-order valence-corrected chi connectivity index (χ2v) is 10.6. The minimum atomic E-state index is -1.95. The maximum atomic E-state index is 13.9. The first-order chi connectivity index (χ1) is 19.3. The van der Waals surface area contributed by atoms with Gasteiger partial charge >= 0.3 is 0 Å². The van der Waals surface area contributed by atoms with Crippen LogP contribution in [0.2, 0.25) is 0 Å². The van der Waals surface area contributed by atoms with Gasteiger partial charge in [-0.15, -0.1) is 0 Å². The zero-order chi connectivity index (χ0) is 27.7. The van der Waals surface area contributed by atoms with Gasteiger partial charge < -0.3 is 24.1 Å². The third kappa shape index (κ3) is 4.94. The molecule has 1 N–H and O–H groups in total. The summed E-state index contributed by atoms with van der Waals surface area (Å²) in [5.41, 5.74) is 0.857. The summed E-state index contributed by atoms with van der Waals surface area (Å²) in [6.07, 6.45) is 3.83. The lowest BCUT2D eigenvalue weighted by Gasteiger charge is -2.36. The second kappa shape index (κ2) is 10.2. The first-order valence-corrected chi connectivity index (χ1v) is 13.3. The molecule has 202 valence electrons. The zero-order valence-electron chi connectivity index (χ0n) is 22.4. The first-order valence-electron chi connectivity index (χ1n) is 13.3. The van der Waals surface area contributed by atoms with Gasteiger partial charge in [-0.2, -0.15) is 0 Å². The summed E-state index contributed by atoms with van der Waals surface area (Å²) in [6.45, 7) is 4.28. The molecule has 1 unspecified atom stereocenters. The van der Waals surface area contributed by atoms with Crippen LogP contribution >= 0.6 is 0 Å². The number of hydrogen-bond donors (Lipinski definition) is 1. The van der Waals surface area contributed by atoms with Crippen molar-refractivity contribution in [1.29, 1.82) is 0 Å². The Balaban J connectivity index is 1.33. The number of Topliss-reactive ketones (excluding diaryl/α,β-unsaturated/α-hetero) is 1. The lowest BCUT2D eigenvalue weighted by molar-refractivity contribution is -0.00694. The number of aliphatic hydroxyl groups is 1. The average Bonchev–Trinajstić information content (AvgIpc) is 2.97. The SMILES string of the molecule is CC1(C)C=Cc2c(ccc3c2OCC(O)(c2ccc(OCc4ccccc4)cc2OCc2ccccc2)C3=O)O1. The maximum absolute atomic E-state index is 13.9. The fraction of sp³-hybridized carbons (Fsp3) is 0.206. The largest absolute Gasteiger partial charge is 0.489 e. The monoisotopic (exact) mass is 534 g/mol. The van der Waals surface area contributed by atoms with Crippen LogP contribution in [0.15, 0.2) is 97.1 Å². The molecule has 40 heavy (non-hydrogen) atoms. The van der Waals surface area contributed by atoms with Gasteiger partial charge in [0.2, 0.25) is 5.78 Å². The number of hydrogen-bond acceptors (Lipinski definition) is 6. The first kappa shape index (κ1) is 25.7. The molecule has 2 heterocycles. The lowest BCUT2D eigenvalue weighted by atomic mass is 9.82. The summed E-state index contributed by atoms with van der Waals surface area (Å²) in [6, 6.07) is 28.1.